The summed E-state index contributed by atoms with van der Waals surface area (Å²) in [4.78, 5) is 19.1. The number of nitrogens with zero attached hydrogens (tertiary/aromatic N) is 4. The van der Waals surface area contributed by atoms with E-state index in [0.29, 0.717) is 17.2 Å². The number of piperidine rings is 3. The van der Waals surface area contributed by atoms with Crippen LogP contribution >= 0.6 is 0 Å². The van der Waals surface area contributed by atoms with Gasteiger partial charge in [0.25, 0.3) is 5.91 Å². The predicted molar refractivity (Wildman–Crippen MR) is 80.3 cm³/mol. The van der Waals surface area contributed by atoms with Crippen LogP contribution in [0.2, 0.25) is 0 Å². The minimum Gasteiger partial charge on any atom is -0.346 e. The van der Waals surface area contributed by atoms with Crippen LogP contribution in [-0.2, 0) is 0 Å². The summed E-state index contributed by atoms with van der Waals surface area (Å²) < 4.78 is 1.75. The number of amides is 1. The van der Waals surface area contributed by atoms with Crippen LogP contribution in [0, 0.1) is 17.2 Å². The molecule has 3 saturated heterocycles. The monoisotopic (exact) mass is 295 g/mol. The zero-order chi connectivity index (χ0) is 15.1. The fourth-order valence-electron chi connectivity index (χ4n) is 3.59. The molecule has 22 heavy (non-hydrogen) atoms. The normalized spacial score (nSPS) is 26.8. The number of nitrogens with one attached hydrogen (secondary N) is 1. The molecule has 6 heteroatoms. The summed E-state index contributed by atoms with van der Waals surface area (Å²) in [6.07, 6.45) is 5.68. The van der Waals surface area contributed by atoms with E-state index in [9.17, 15) is 4.79 Å². The Hall–Kier alpha value is -2.39. The van der Waals surface area contributed by atoms with Crippen molar-refractivity contribution < 1.29 is 4.79 Å². The lowest BCUT2D eigenvalue weighted by molar-refractivity contribution is 0.0617. The van der Waals surface area contributed by atoms with E-state index in [2.05, 4.69) is 21.3 Å². The Kier molecular flexibility index (Phi) is 3.09. The quantitative estimate of drug-likeness (QED) is 0.898. The molecule has 1 atom stereocenters. The predicted octanol–water partition coefficient (Wildman–Crippen LogP) is 1.03. The minimum atomic E-state index is -0.147. The molecular formula is C16H17N5O. The van der Waals surface area contributed by atoms with Crippen molar-refractivity contribution in [2.75, 3.05) is 19.6 Å². The largest absolute Gasteiger partial charge is 0.346 e. The van der Waals surface area contributed by atoms with Crippen molar-refractivity contribution in [3.63, 3.8) is 0 Å². The summed E-state index contributed by atoms with van der Waals surface area (Å²) in [6, 6.07) is 5.77. The highest BCUT2D eigenvalue weighted by Crippen LogP contribution is 2.27. The van der Waals surface area contributed by atoms with Gasteiger partial charge in [0.2, 0.25) is 0 Å². The summed E-state index contributed by atoms with van der Waals surface area (Å²) >= 11 is 0. The van der Waals surface area contributed by atoms with E-state index in [-0.39, 0.29) is 11.9 Å². The number of fused-ring (bicyclic) bond motifs is 4. The first-order valence-corrected chi connectivity index (χ1v) is 7.64. The van der Waals surface area contributed by atoms with Gasteiger partial charge in [0.05, 0.1) is 11.1 Å². The number of aromatic nitrogens is 2. The maximum Gasteiger partial charge on any atom is 0.270 e. The van der Waals surface area contributed by atoms with Gasteiger partial charge in [-0.3, -0.25) is 4.79 Å². The second-order valence-electron chi connectivity index (χ2n) is 6.13. The van der Waals surface area contributed by atoms with E-state index in [0.717, 1.165) is 38.0 Å². The highest BCUT2D eigenvalue weighted by Gasteiger charge is 2.35. The molecule has 0 unspecified atom stereocenters. The molecule has 5 heterocycles. The second kappa shape index (κ2) is 5.11. The van der Waals surface area contributed by atoms with E-state index in [1.165, 1.54) is 0 Å². The smallest absolute Gasteiger partial charge is 0.270 e. The number of carbonyl (C=O) groups is 1. The van der Waals surface area contributed by atoms with E-state index >= 15 is 0 Å². The van der Waals surface area contributed by atoms with Gasteiger partial charge in [0, 0.05) is 18.8 Å². The average molecular weight is 295 g/mol. The lowest BCUT2D eigenvalue weighted by Gasteiger charge is -2.44. The maximum atomic E-state index is 12.5. The molecule has 0 saturated carbocycles. The Morgan fingerprint density at radius 3 is 2.91 bits per heavy atom. The number of nitriles is 1. The summed E-state index contributed by atoms with van der Waals surface area (Å²) in [5.74, 6) is 0.437. The van der Waals surface area contributed by atoms with E-state index in [1.807, 2.05) is 0 Å². The van der Waals surface area contributed by atoms with Crippen molar-refractivity contribution in [2.24, 2.45) is 5.92 Å². The van der Waals surface area contributed by atoms with Crippen LogP contribution in [0.25, 0.3) is 5.52 Å². The van der Waals surface area contributed by atoms with Crippen molar-refractivity contribution in [3.8, 4) is 6.07 Å². The van der Waals surface area contributed by atoms with E-state index < -0.39 is 0 Å². The van der Waals surface area contributed by atoms with Crippen LogP contribution in [0.15, 0.2) is 24.7 Å². The van der Waals surface area contributed by atoms with Gasteiger partial charge in [-0.1, -0.05) is 0 Å². The minimum absolute atomic E-state index is 0.147. The van der Waals surface area contributed by atoms with Gasteiger partial charge in [-0.15, -0.1) is 0 Å². The average Bonchev–Trinajstić information content (AvgIpc) is 2.98. The molecular weight excluding hydrogens is 278 g/mol. The molecule has 6 nitrogen and oxygen atoms in total. The van der Waals surface area contributed by atoms with Gasteiger partial charge in [-0.2, -0.15) is 5.26 Å². The standard InChI is InChI=1S/C16H17N5O/c17-8-12-3-6-21-10-18-13(7-15(12)21)16(22)19-14-9-20-4-1-11(14)2-5-20/h3,6-7,10-11,14H,1-2,4-5,9H2,(H,19,22)/t14-/m0/s1. The van der Waals surface area contributed by atoms with Gasteiger partial charge < -0.3 is 14.6 Å². The first-order chi connectivity index (χ1) is 10.7. The van der Waals surface area contributed by atoms with Gasteiger partial charge in [-0.25, -0.2) is 4.98 Å². The third-order valence-electron chi connectivity index (χ3n) is 4.88. The highest BCUT2D eigenvalue weighted by molar-refractivity contribution is 5.93. The SMILES string of the molecule is N#Cc1ccn2cnc(C(=O)N[C@H]3CN4CCC3CC4)cc12. The highest BCUT2D eigenvalue weighted by atomic mass is 16.2. The zero-order valence-corrected chi connectivity index (χ0v) is 12.2. The number of hydrogen-bond donors (Lipinski definition) is 1. The van der Waals surface area contributed by atoms with Crippen LogP contribution in [0.4, 0.5) is 0 Å². The Labute approximate surface area is 128 Å². The molecule has 1 amide bonds. The first kappa shape index (κ1) is 13.3. The Balaban J connectivity index is 1.56. The molecule has 3 aliphatic heterocycles. The molecule has 3 aliphatic rings. The topological polar surface area (TPSA) is 73.4 Å². The van der Waals surface area contributed by atoms with Gasteiger partial charge >= 0.3 is 0 Å². The fourth-order valence-corrected chi connectivity index (χ4v) is 3.59. The fraction of sp³-hybridized carbons (Fsp3) is 0.438. The second-order valence-corrected chi connectivity index (χ2v) is 6.13. The zero-order valence-electron chi connectivity index (χ0n) is 12.2. The summed E-state index contributed by atoms with van der Waals surface area (Å²) in [7, 11) is 0. The molecule has 0 aromatic carbocycles. The van der Waals surface area contributed by atoms with Crippen LogP contribution in [-0.4, -0.2) is 45.9 Å². The lowest BCUT2D eigenvalue weighted by Crippen LogP contribution is -2.57. The molecule has 0 spiro atoms. The molecule has 112 valence electrons. The first-order valence-electron chi connectivity index (χ1n) is 7.64. The van der Waals surface area contributed by atoms with Crippen LogP contribution < -0.4 is 5.32 Å². The number of carbonyl (C=O) groups excluding carboxylic acids is 1. The van der Waals surface area contributed by atoms with Crippen molar-refractivity contribution in [1.82, 2.24) is 19.6 Å². The van der Waals surface area contributed by atoms with Crippen molar-refractivity contribution in [3.05, 3.63) is 35.9 Å². The van der Waals surface area contributed by atoms with Crippen molar-refractivity contribution >= 4 is 11.4 Å². The molecule has 3 fully saturated rings. The number of hydrogen-bond acceptors (Lipinski definition) is 4. The molecule has 2 aromatic heterocycles. The third-order valence-corrected chi connectivity index (χ3v) is 4.88. The summed E-state index contributed by atoms with van der Waals surface area (Å²) in [5, 5.41) is 12.2. The molecule has 0 radical (unpaired) electrons. The molecule has 2 aromatic rings. The molecule has 5 rings (SSSR count). The van der Waals surface area contributed by atoms with Crippen LogP contribution in [0.5, 0.6) is 0 Å². The molecule has 1 N–H and O–H groups in total. The maximum absolute atomic E-state index is 12.5. The van der Waals surface area contributed by atoms with Gasteiger partial charge in [0.15, 0.2) is 0 Å². The van der Waals surface area contributed by atoms with E-state index in [1.54, 1.807) is 29.1 Å². The van der Waals surface area contributed by atoms with Crippen molar-refractivity contribution in [1.29, 1.82) is 5.26 Å². The molecule has 2 bridgehead atoms. The van der Waals surface area contributed by atoms with E-state index in [4.69, 9.17) is 5.26 Å². The summed E-state index contributed by atoms with van der Waals surface area (Å²) in [6.45, 7) is 3.24. The van der Waals surface area contributed by atoms with Crippen LogP contribution in [0.3, 0.4) is 0 Å². The Bertz CT molecular complexity index is 766. The van der Waals surface area contributed by atoms with Crippen molar-refractivity contribution in [2.45, 2.75) is 18.9 Å². The summed E-state index contributed by atoms with van der Waals surface area (Å²) in [5.41, 5.74) is 1.65. The number of rotatable bonds is 2. The third kappa shape index (κ3) is 2.14. The lowest BCUT2D eigenvalue weighted by atomic mass is 9.84. The van der Waals surface area contributed by atoms with Gasteiger partial charge in [-0.05, 0) is 44.0 Å². The Morgan fingerprint density at radius 2 is 2.23 bits per heavy atom. The van der Waals surface area contributed by atoms with Gasteiger partial charge in [0.1, 0.15) is 18.1 Å². The molecule has 0 aliphatic carbocycles. The van der Waals surface area contributed by atoms with Crippen LogP contribution in [0.1, 0.15) is 28.9 Å². The Morgan fingerprint density at radius 1 is 1.41 bits per heavy atom.